The highest BCUT2D eigenvalue weighted by atomic mass is 16.1. The predicted octanol–water partition coefficient (Wildman–Crippen LogP) is 6.78. The lowest BCUT2D eigenvalue weighted by atomic mass is 9.78. The molecule has 2 aliphatic rings. The van der Waals surface area contributed by atoms with Gasteiger partial charge in [0.05, 0.1) is 0 Å². The van der Waals surface area contributed by atoms with Gasteiger partial charge >= 0.3 is 0 Å². The fraction of sp³-hybridized carbons (Fsp3) is 0.773. The van der Waals surface area contributed by atoms with Gasteiger partial charge in [-0.05, 0) is 56.4 Å². The van der Waals surface area contributed by atoms with Crippen molar-refractivity contribution < 1.29 is 4.79 Å². The summed E-state index contributed by atoms with van der Waals surface area (Å²) < 4.78 is 0. The number of hydrogen-bond acceptors (Lipinski definition) is 1. The first-order chi connectivity index (χ1) is 11.2. The molecule has 0 aliphatic heterocycles. The zero-order valence-corrected chi connectivity index (χ0v) is 15.4. The number of carbonyl (C=O) groups is 1. The van der Waals surface area contributed by atoms with E-state index in [-0.39, 0.29) is 5.92 Å². The van der Waals surface area contributed by atoms with Crippen LogP contribution in [0.5, 0.6) is 0 Å². The van der Waals surface area contributed by atoms with Crippen molar-refractivity contribution in [2.24, 2.45) is 11.8 Å². The molecule has 0 spiro atoms. The van der Waals surface area contributed by atoms with E-state index in [9.17, 15) is 4.79 Å². The number of allylic oxidation sites excluding steroid dienone is 4. The van der Waals surface area contributed by atoms with Crippen molar-refractivity contribution in [3.8, 4) is 0 Å². The molecule has 0 N–H and O–H groups in total. The molecule has 0 saturated heterocycles. The van der Waals surface area contributed by atoms with Crippen molar-refractivity contribution in [3.05, 3.63) is 23.3 Å². The van der Waals surface area contributed by atoms with Crippen LogP contribution in [0.25, 0.3) is 0 Å². The van der Waals surface area contributed by atoms with Gasteiger partial charge in [-0.25, -0.2) is 0 Å². The molecule has 2 aliphatic carbocycles. The summed E-state index contributed by atoms with van der Waals surface area (Å²) in [6.07, 6.45) is 21.0. The highest BCUT2D eigenvalue weighted by Gasteiger charge is 2.24. The van der Waals surface area contributed by atoms with Gasteiger partial charge in [0.25, 0.3) is 0 Å². The van der Waals surface area contributed by atoms with E-state index in [1.165, 1.54) is 76.2 Å². The van der Waals surface area contributed by atoms with Gasteiger partial charge in [-0.3, -0.25) is 4.79 Å². The van der Waals surface area contributed by atoms with E-state index in [0.29, 0.717) is 11.7 Å². The van der Waals surface area contributed by atoms with Crippen molar-refractivity contribution in [2.75, 3.05) is 0 Å². The number of Topliss-reactive ketones (excluding diaryl/α,β-unsaturated/α-hetero) is 1. The van der Waals surface area contributed by atoms with Crippen LogP contribution >= 0.6 is 0 Å². The second kappa shape index (κ2) is 10.1. The summed E-state index contributed by atoms with van der Waals surface area (Å²) in [6.45, 7) is 4.45. The van der Waals surface area contributed by atoms with Gasteiger partial charge in [0.15, 0.2) is 0 Å². The van der Waals surface area contributed by atoms with Crippen LogP contribution in [-0.4, -0.2) is 5.78 Å². The first-order valence-electron chi connectivity index (χ1n) is 10.1. The Kier molecular flexibility index (Phi) is 8.12. The van der Waals surface area contributed by atoms with Crippen LogP contribution in [0.15, 0.2) is 23.3 Å². The van der Waals surface area contributed by atoms with Crippen LogP contribution in [0.2, 0.25) is 0 Å². The zero-order chi connectivity index (χ0) is 16.5. The molecule has 2 atom stereocenters. The summed E-state index contributed by atoms with van der Waals surface area (Å²) in [5.74, 6) is 1.04. The SMILES string of the molecule is CC1C(=O)CCCCCCCCC=CC(=C2CCCCC2)C1C. The van der Waals surface area contributed by atoms with Crippen LogP contribution in [0.4, 0.5) is 0 Å². The standard InChI is InChI=1S/C22H36O/c1-18-19(2)22(23)17-13-8-6-4-3-5-7-12-16-21(18)20-14-10-9-11-15-20/h12,16,18-19H,3-11,13-15,17H2,1-2H3. The van der Waals surface area contributed by atoms with E-state index >= 15 is 0 Å². The third kappa shape index (κ3) is 5.94. The molecule has 0 radical (unpaired) electrons. The maximum Gasteiger partial charge on any atom is 0.136 e. The summed E-state index contributed by atoms with van der Waals surface area (Å²) in [7, 11) is 0. The molecule has 1 heteroatoms. The van der Waals surface area contributed by atoms with E-state index < -0.39 is 0 Å². The molecule has 0 aromatic rings. The molecule has 0 amide bonds. The molecule has 1 saturated carbocycles. The van der Waals surface area contributed by atoms with E-state index in [1.54, 1.807) is 5.57 Å². The summed E-state index contributed by atoms with van der Waals surface area (Å²) in [4.78, 5) is 12.6. The van der Waals surface area contributed by atoms with Crippen LogP contribution < -0.4 is 0 Å². The first kappa shape index (κ1) is 18.5. The molecule has 2 unspecified atom stereocenters. The van der Waals surface area contributed by atoms with Crippen LogP contribution in [-0.2, 0) is 4.79 Å². The average molecular weight is 317 g/mol. The summed E-state index contributed by atoms with van der Waals surface area (Å²) >= 11 is 0. The molecule has 0 aromatic heterocycles. The Hall–Kier alpha value is -0.850. The normalized spacial score (nSPS) is 29.4. The van der Waals surface area contributed by atoms with Crippen LogP contribution in [0, 0.1) is 11.8 Å². The monoisotopic (exact) mass is 316 g/mol. The van der Waals surface area contributed by atoms with Crippen molar-refractivity contribution >= 4 is 5.78 Å². The molecule has 0 heterocycles. The molecule has 0 bridgehead atoms. The van der Waals surface area contributed by atoms with E-state index in [1.807, 2.05) is 0 Å². The molecule has 2 rings (SSSR count). The lowest BCUT2D eigenvalue weighted by Crippen LogP contribution is -2.21. The minimum absolute atomic E-state index is 0.173. The number of carbonyl (C=O) groups excluding carboxylic acids is 1. The minimum atomic E-state index is 0.173. The molecule has 1 fully saturated rings. The van der Waals surface area contributed by atoms with Gasteiger partial charge in [-0.2, -0.15) is 0 Å². The maximum absolute atomic E-state index is 12.6. The third-order valence-electron chi connectivity index (χ3n) is 5.96. The van der Waals surface area contributed by atoms with Gasteiger partial charge in [0.2, 0.25) is 0 Å². The van der Waals surface area contributed by atoms with Crippen LogP contribution in [0.3, 0.4) is 0 Å². The fourth-order valence-electron chi connectivity index (χ4n) is 4.11. The lowest BCUT2D eigenvalue weighted by Gasteiger charge is -2.26. The van der Waals surface area contributed by atoms with Gasteiger partial charge in [-0.1, -0.05) is 63.7 Å². The molecule has 1 nitrogen and oxygen atoms in total. The van der Waals surface area contributed by atoms with Gasteiger partial charge in [0, 0.05) is 12.3 Å². The maximum atomic E-state index is 12.6. The fourth-order valence-corrected chi connectivity index (χ4v) is 4.11. The average Bonchev–Trinajstić information content (AvgIpc) is 2.58. The van der Waals surface area contributed by atoms with E-state index in [0.717, 1.165) is 12.8 Å². The minimum Gasteiger partial charge on any atom is -0.299 e. The van der Waals surface area contributed by atoms with Gasteiger partial charge in [0.1, 0.15) is 5.78 Å². The van der Waals surface area contributed by atoms with E-state index in [2.05, 4.69) is 26.0 Å². The Morgan fingerprint density at radius 2 is 1.30 bits per heavy atom. The summed E-state index contributed by atoms with van der Waals surface area (Å²) in [5.41, 5.74) is 3.15. The molecule has 130 valence electrons. The molecule has 0 aromatic carbocycles. The van der Waals surface area contributed by atoms with Gasteiger partial charge in [-0.15, -0.1) is 0 Å². The second-order valence-corrected chi connectivity index (χ2v) is 7.73. The Morgan fingerprint density at radius 1 is 0.739 bits per heavy atom. The van der Waals surface area contributed by atoms with Crippen molar-refractivity contribution in [2.45, 2.75) is 97.3 Å². The number of ketones is 1. The third-order valence-corrected chi connectivity index (χ3v) is 5.96. The highest BCUT2D eigenvalue weighted by molar-refractivity contribution is 5.81. The topological polar surface area (TPSA) is 17.1 Å². The Morgan fingerprint density at radius 3 is 2.04 bits per heavy atom. The first-order valence-corrected chi connectivity index (χ1v) is 10.1. The molecule has 23 heavy (non-hydrogen) atoms. The highest BCUT2D eigenvalue weighted by Crippen LogP contribution is 2.33. The molecular weight excluding hydrogens is 280 g/mol. The van der Waals surface area contributed by atoms with Crippen molar-refractivity contribution in [3.63, 3.8) is 0 Å². The largest absolute Gasteiger partial charge is 0.299 e. The second-order valence-electron chi connectivity index (χ2n) is 7.73. The molecular formula is C22H36O. The Labute approximate surface area is 143 Å². The van der Waals surface area contributed by atoms with Crippen LogP contribution in [0.1, 0.15) is 97.3 Å². The summed E-state index contributed by atoms with van der Waals surface area (Å²) in [6, 6.07) is 0. The van der Waals surface area contributed by atoms with Crippen molar-refractivity contribution in [1.82, 2.24) is 0 Å². The van der Waals surface area contributed by atoms with Crippen molar-refractivity contribution in [1.29, 1.82) is 0 Å². The summed E-state index contributed by atoms with van der Waals surface area (Å²) in [5, 5.41) is 0. The van der Waals surface area contributed by atoms with E-state index in [4.69, 9.17) is 0 Å². The number of rotatable bonds is 0. The smallest absolute Gasteiger partial charge is 0.136 e. The Balaban J connectivity index is 2.17. The quantitative estimate of drug-likeness (QED) is 0.481. The Bertz CT molecular complexity index is 421. The van der Waals surface area contributed by atoms with Gasteiger partial charge < -0.3 is 0 Å². The zero-order valence-electron chi connectivity index (χ0n) is 15.4. The lowest BCUT2D eigenvalue weighted by molar-refractivity contribution is -0.123. The number of hydrogen-bond donors (Lipinski definition) is 0. The predicted molar refractivity (Wildman–Crippen MR) is 99.5 cm³/mol.